The van der Waals surface area contributed by atoms with Crippen LogP contribution in [0.3, 0.4) is 0 Å². The smallest absolute Gasteiger partial charge is 0.306 e. The van der Waals surface area contributed by atoms with Gasteiger partial charge in [-0.1, -0.05) is 49.6 Å². The molecule has 11 heteroatoms. The fraction of sp³-hybridized carbons (Fsp3) is 0.395. The Hall–Kier alpha value is -4.22. The van der Waals surface area contributed by atoms with E-state index in [-0.39, 0.29) is 22.6 Å². The number of H-pyrrole nitrogens is 1. The first-order valence-corrected chi connectivity index (χ1v) is 17.6. The Labute approximate surface area is 290 Å². The highest BCUT2D eigenvalue weighted by Crippen LogP contribution is 2.41. The molecule has 1 aliphatic heterocycles. The quantitative estimate of drug-likeness (QED) is 0.183. The van der Waals surface area contributed by atoms with Crippen LogP contribution in [0.2, 0.25) is 0 Å². The zero-order valence-electron chi connectivity index (χ0n) is 28.8. The van der Waals surface area contributed by atoms with Crippen molar-refractivity contribution in [2.45, 2.75) is 70.8 Å². The van der Waals surface area contributed by atoms with E-state index in [1.807, 2.05) is 24.3 Å². The van der Waals surface area contributed by atoms with Gasteiger partial charge in [-0.05, 0) is 88.9 Å². The fourth-order valence-electron chi connectivity index (χ4n) is 6.65. The molecule has 1 unspecified atom stereocenters. The third-order valence-corrected chi connectivity index (χ3v) is 11.3. The highest BCUT2D eigenvalue weighted by Gasteiger charge is 2.36. The van der Waals surface area contributed by atoms with Gasteiger partial charge in [-0.3, -0.25) is 4.79 Å². The van der Waals surface area contributed by atoms with E-state index in [0.29, 0.717) is 42.2 Å². The minimum Gasteiger partial charge on any atom is -0.481 e. The summed E-state index contributed by atoms with van der Waals surface area (Å²) in [6.07, 6.45) is 5.16. The van der Waals surface area contributed by atoms with Gasteiger partial charge in [0.25, 0.3) is 0 Å². The van der Waals surface area contributed by atoms with E-state index in [2.05, 4.69) is 43.2 Å². The van der Waals surface area contributed by atoms with Gasteiger partial charge >= 0.3 is 5.97 Å². The minimum atomic E-state index is -0.842. The van der Waals surface area contributed by atoms with Crippen LogP contribution in [-0.2, 0) is 30.1 Å². The van der Waals surface area contributed by atoms with Crippen LogP contribution in [-0.4, -0.2) is 53.5 Å². The number of halogens is 2. The second-order valence-corrected chi connectivity index (χ2v) is 15.2. The molecule has 5 aromatic rings. The lowest BCUT2D eigenvalue weighted by atomic mass is 9.75. The molecule has 2 N–H and O–H groups in total. The van der Waals surface area contributed by atoms with Gasteiger partial charge in [-0.2, -0.15) is 5.10 Å². The van der Waals surface area contributed by atoms with Gasteiger partial charge in [0.1, 0.15) is 11.6 Å². The van der Waals surface area contributed by atoms with Crippen LogP contribution in [0.4, 0.5) is 8.78 Å². The van der Waals surface area contributed by atoms with E-state index in [0.717, 1.165) is 34.9 Å². The van der Waals surface area contributed by atoms with E-state index < -0.39 is 28.9 Å². The van der Waals surface area contributed by atoms with Crippen LogP contribution in [0.5, 0.6) is 11.5 Å². The molecule has 8 nitrogen and oxygen atoms in total. The lowest BCUT2D eigenvalue weighted by Crippen LogP contribution is -2.37. The van der Waals surface area contributed by atoms with Gasteiger partial charge in [0, 0.05) is 47.1 Å². The van der Waals surface area contributed by atoms with Crippen LogP contribution in [0, 0.1) is 17.6 Å². The number of hydrogen-bond donors (Lipinski definition) is 2. The molecule has 1 aliphatic rings. The molecule has 0 amide bonds. The summed E-state index contributed by atoms with van der Waals surface area (Å²) in [5.74, 6) is -0.418. The van der Waals surface area contributed by atoms with Gasteiger partial charge in [-0.25, -0.2) is 22.8 Å². The molecule has 3 aromatic carbocycles. The number of carboxylic acids is 1. The number of fused-ring (bicyclic) bond motifs is 8. The summed E-state index contributed by atoms with van der Waals surface area (Å²) in [6, 6.07) is 15.7. The predicted octanol–water partition coefficient (Wildman–Crippen LogP) is 8.69. The molecule has 3 heterocycles. The Morgan fingerprint density at radius 2 is 1.88 bits per heavy atom. The lowest BCUT2D eigenvalue weighted by Gasteiger charge is -2.36. The Morgan fingerprint density at radius 1 is 1.08 bits per heavy atom. The molecule has 4 bridgehead atoms. The van der Waals surface area contributed by atoms with Gasteiger partial charge < -0.3 is 14.8 Å². The first-order chi connectivity index (χ1) is 23.3. The van der Waals surface area contributed by atoms with Crippen molar-refractivity contribution in [3.05, 3.63) is 94.9 Å². The van der Waals surface area contributed by atoms with Crippen molar-refractivity contribution >= 4 is 28.8 Å². The van der Waals surface area contributed by atoms with Crippen LogP contribution in [0.1, 0.15) is 69.5 Å². The SMILES string of the molecule is C[C@@H](Cc1cccc(C2(C)CCCC(C)(C)N(C)SCCc3c(c(F)cc4[nH]ccc34)Oc3ccc(F)c(c3)-c3nc2nn3C)c1)C(=O)O. The Balaban J connectivity index is 1.48. The van der Waals surface area contributed by atoms with Crippen LogP contribution < -0.4 is 4.74 Å². The molecule has 2 atom stereocenters. The molecule has 0 spiro atoms. The van der Waals surface area contributed by atoms with Gasteiger partial charge in [0.2, 0.25) is 0 Å². The number of aliphatic carboxylic acids is 1. The number of rotatable bonds is 4. The summed E-state index contributed by atoms with van der Waals surface area (Å²) in [5.41, 5.74) is 2.67. The molecular weight excluding hydrogens is 645 g/mol. The maximum atomic E-state index is 15.7. The van der Waals surface area contributed by atoms with Crippen molar-refractivity contribution in [1.29, 1.82) is 0 Å². The number of ether oxygens (including phenoxy) is 1. The molecule has 0 radical (unpaired) electrons. The highest BCUT2D eigenvalue weighted by atomic mass is 32.2. The number of nitrogens with zero attached hydrogens (tertiary/aromatic N) is 4. The van der Waals surface area contributed by atoms with Crippen molar-refractivity contribution in [1.82, 2.24) is 24.1 Å². The largest absolute Gasteiger partial charge is 0.481 e. The zero-order chi connectivity index (χ0) is 35.1. The summed E-state index contributed by atoms with van der Waals surface area (Å²) in [4.78, 5) is 19.7. The molecule has 0 fully saturated rings. The van der Waals surface area contributed by atoms with E-state index in [4.69, 9.17) is 14.8 Å². The molecular formula is C38H43F2N5O3S. The van der Waals surface area contributed by atoms with Crippen molar-refractivity contribution in [3.63, 3.8) is 0 Å². The second-order valence-electron chi connectivity index (χ2n) is 14.0. The maximum Gasteiger partial charge on any atom is 0.306 e. The Bertz CT molecular complexity index is 2010. The van der Waals surface area contributed by atoms with E-state index in [9.17, 15) is 9.90 Å². The first-order valence-electron chi connectivity index (χ1n) is 16.6. The van der Waals surface area contributed by atoms with Crippen LogP contribution in [0.15, 0.2) is 60.8 Å². The van der Waals surface area contributed by atoms with E-state index in [1.165, 1.54) is 18.2 Å². The third kappa shape index (κ3) is 6.96. The average molecular weight is 688 g/mol. The highest BCUT2D eigenvalue weighted by molar-refractivity contribution is 7.97. The van der Waals surface area contributed by atoms with Crippen LogP contribution >= 0.6 is 11.9 Å². The number of carboxylic acid groups (broad SMARTS) is 1. The Kier molecular flexibility index (Phi) is 9.61. The zero-order valence-corrected chi connectivity index (χ0v) is 29.6. The van der Waals surface area contributed by atoms with Gasteiger partial charge in [0.05, 0.1) is 16.9 Å². The lowest BCUT2D eigenvalue weighted by molar-refractivity contribution is -0.141. The van der Waals surface area contributed by atoms with Gasteiger partial charge in [-0.15, -0.1) is 0 Å². The summed E-state index contributed by atoms with van der Waals surface area (Å²) in [5, 5.41) is 15.3. The maximum absolute atomic E-state index is 15.7. The number of nitrogens with one attached hydrogen (secondary N) is 1. The number of aromatic amines is 1. The molecule has 2 aromatic heterocycles. The number of carbonyl (C=O) groups is 1. The Morgan fingerprint density at radius 3 is 2.65 bits per heavy atom. The summed E-state index contributed by atoms with van der Waals surface area (Å²) >= 11 is 1.70. The average Bonchev–Trinajstić information content (AvgIpc) is 3.69. The number of aryl methyl sites for hydroxylation is 2. The minimum absolute atomic E-state index is 0.122. The third-order valence-electron chi connectivity index (χ3n) is 10.0. The molecule has 258 valence electrons. The summed E-state index contributed by atoms with van der Waals surface area (Å²) < 4.78 is 41.4. The topological polar surface area (TPSA) is 96.3 Å². The van der Waals surface area contributed by atoms with Crippen LogP contribution in [0.25, 0.3) is 22.3 Å². The molecule has 0 saturated heterocycles. The fourth-order valence-corrected chi connectivity index (χ4v) is 7.66. The summed E-state index contributed by atoms with van der Waals surface area (Å²) in [6.45, 7) is 8.25. The monoisotopic (exact) mass is 687 g/mol. The molecule has 6 rings (SSSR count). The molecule has 0 aliphatic carbocycles. The normalized spacial score (nSPS) is 19.4. The number of benzene rings is 3. The second kappa shape index (κ2) is 13.6. The number of hydrogen-bond acceptors (Lipinski definition) is 6. The van der Waals surface area contributed by atoms with E-state index >= 15 is 8.78 Å². The first kappa shape index (κ1) is 34.6. The van der Waals surface area contributed by atoms with Crippen molar-refractivity contribution in [2.75, 3.05) is 12.8 Å². The molecule has 49 heavy (non-hydrogen) atoms. The van der Waals surface area contributed by atoms with E-state index in [1.54, 1.807) is 42.9 Å². The van der Waals surface area contributed by atoms with Crippen molar-refractivity contribution in [3.8, 4) is 22.9 Å². The van der Waals surface area contributed by atoms with Crippen molar-refractivity contribution in [2.24, 2.45) is 13.0 Å². The molecule has 0 saturated carbocycles. The predicted molar refractivity (Wildman–Crippen MR) is 190 cm³/mol. The summed E-state index contributed by atoms with van der Waals surface area (Å²) in [7, 11) is 3.83. The van der Waals surface area contributed by atoms with Gasteiger partial charge in [0.15, 0.2) is 23.2 Å². The standard InChI is InChI=1S/C38H43F2N5O3S/c1-23(35(46)47)19-24-9-7-10-25(20-24)38(4)16-8-15-37(2,3)45(6)49-18-14-28-27-13-17-41-32(27)22-31(40)33(28)48-26-11-12-30(39)29(21-26)34-42-36(38)43-44(34)5/h7,9-13,17,20-23,41H,8,14-16,18-19H2,1-6H3,(H,46,47)/t23-,38?/m0/s1. The van der Waals surface area contributed by atoms with Crippen molar-refractivity contribution < 1.29 is 23.4 Å². The number of aromatic nitrogens is 4.